The van der Waals surface area contributed by atoms with E-state index in [9.17, 15) is 18.9 Å². The third-order valence-corrected chi connectivity index (χ3v) is 3.46. The molecule has 0 saturated heterocycles. The Hall–Kier alpha value is -1.37. The maximum Gasteiger partial charge on any atom is 0.275 e. The van der Waals surface area contributed by atoms with Gasteiger partial charge in [0.15, 0.2) is 11.6 Å². The maximum atomic E-state index is 13.6. The van der Waals surface area contributed by atoms with Gasteiger partial charge in [-0.25, -0.2) is 8.78 Å². The van der Waals surface area contributed by atoms with E-state index in [4.69, 9.17) is 0 Å². The highest BCUT2D eigenvalue weighted by Crippen LogP contribution is 2.25. The van der Waals surface area contributed by atoms with Crippen molar-refractivity contribution >= 4 is 23.1 Å². The first kappa shape index (κ1) is 15.7. The van der Waals surface area contributed by atoms with Gasteiger partial charge in [-0.15, -0.1) is 0 Å². The first-order valence-corrected chi connectivity index (χ1v) is 7.08. The molecule has 106 valence electrons. The number of nitro benzene ring substituents is 1. The molecule has 0 fully saturated rings. The van der Waals surface area contributed by atoms with E-state index in [1.54, 1.807) is 11.8 Å². The predicted molar refractivity (Wildman–Crippen MR) is 73.7 cm³/mol. The topological polar surface area (TPSA) is 55.2 Å². The molecule has 1 rings (SSSR count). The van der Waals surface area contributed by atoms with Crippen LogP contribution >= 0.6 is 11.8 Å². The zero-order valence-electron chi connectivity index (χ0n) is 10.8. The average molecular weight is 290 g/mol. The minimum absolute atomic E-state index is 0.107. The lowest BCUT2D eigenvalue weighted by molar-refractivity contribution is -0.385. The smallest absolute Gasteiger partial charge is 0.275 e. The molecule has 0 radical (unpaired) electrons. The third kappa shape index (κ3) is 4.66. The summed E-state index contributed by atoms with van der Waals surface area (Å²) in [6, 6.07) is 1.34. The third-order valence-electron chi connectivity index (χ3n) is 2.53. The number of hydrogen-bond acceptors (Lipinski definition) is 4. The second-order valence-electron chi connectivity index (χ2n) is 4.07. The Labute approximate surface area is 114 Å². The van der Waals surface area contributed by atoms with Gasteiger partial charge in [0.25, 0.3) is 5.69 Å². The molecule has 0 heterocycles. The van der Waals surface area contributed by atoms with Crippen LogP contribution in [0.5, 0.6) is 0 Å². The molecular formula is C12H16F2N2O2S. The Kier molecular flexibility index (Phi) is 6.01. The fourth-order valence-electron chi connectivity index (χ4n) is 1.53. The van der Waals surface area contributed by atoms with Crippen molar-refractivity contribution in [3.63, 3.8) is 0 Å². The van der Waals surface area contributed by atoms with Crippen molar-refractivity contribution in [2.45, 2.75) is 26.3 Å². The van der Waals surface area contributed by atoms with Crippen molar-refractivity contribution in [1.82, 2.24) is 0 Å². The van der Waals surface area contributed by atoms with Crippen LogP contribution in [-0.4, -0.2) is 22.5 Å². The summed E-state index contributed by atoms with van der Waals surface area (Å²) in [6.45, 7) is 3.86. The van der Waals surface area contributed by atoms with Gasteiger partial charge in [0.05, 0.1) is 17.1 Å². The van der Waals surface area contributed by atoms with Crippen molar-refractivity contribution in [2.75, 3.05) is 16.8 Å². The van der Waals surface area contributed by atoms with Gasteiger partial charge in [-0.3, -0.25) is 10.1 Å². The zero-order valence-corrected chi connectivity index (χ0v) is 11.6. The number of nitrogens with zero attached hydrogens (tertiary/aromatic N) is 1. The molecule has 1 aromatic rings. The number of hydrogen-bond donors (Lipinski definition) is 1. The highest BCUT2D eigenvalue weighted by atomic mass is 32.2. The monoisotopic (exact) mass is 290 g/mol. The van der Waals surface area contributed by atoms with Gasteiger partial charge in [-0.2, -0.15) is 11.8 Å². The molecule has 0 spiro atoms. The number of halogens is 2. The second kappa shape index (κ2) is 7.28. The number of thioether (sulfide) groups is 1. The van der Waals surface area contributed by atoms with E-state index in [1.807, 2.05) is 13.8 Å². The van der Waals surface area contributed by atoms with E-state index in [1.165, 1.54) is 0 Å². The molecule has 0 aromatic heterocycles. The van der Waals surface area contributed by atoms with Gasteiger partial charge in [-0.1, -0.05) is 6.92 Å². The summed E-state index contributed by atoms with van der Waals surface area (Å²) in [5.41, 5.74) is -0.894. The van der Waals surface area contributed by atoms with E-state index in [0.29, 0.717) is 0 Å². The fraction of sp³-hybridized carbons (Fsp3) is 0.500. The van der Waals surface area contributed by atoms with Crippen LogP contribution in [0.1, 0.15) is 20.3 Å². The van der Waals surface area contributed by atoms with Crippen LogP contribution in [0.3, 0.4) is 0 Å². The molecule has 0 amide bonds. The van der Waals surface area contributed by atoms with Gasteiger partial charge in [0, 0.05) is 6.04 Å². The minimum atomic E-state index is -0.943. The number of nitro groups is 1. The Morgan fingerprint density at radius 1 is 1.42 bits per heavy atom. The number of benzene rings is 1. The summed E-state index contributed by atoms with van der Waals surface area (Å²) >= 11 is 1.74. The van der Waals surface area contributed by atoms with Crippen molar-refractivity contribution in [3.05, 3.63) is 33.9 Å². The van der Waals surface area contributed by atoms with Crippen molar-refractivity contribution in [3.8, 4) is 0 Å². The molecule has 0 aliphatic heterocycles. The zero-order chi connectivity index (χ0) is 14.4. The first-order valence-electron chi connectivity index (χ1n) is 5.93. The minimum Gasteiger partial charge on any atom is -0.378 e. The van der Waals surface area contributed by atoms with Gasteiger partial charge >= 0.3 is 0 Å². The molecule has 4 nitrogen and oxygen atoms in total. The lowest BCUT2D eigenvalue weighted by Crippen LogP contribution is -2.18. The number of non-ortho nitro benzene ring substituents is 1. The number of rotatable bonds is 7. The molecule has 0 bridgehead atoms. The molecule has 19 heavy (non-hydrogen) atoms. The van der Waals surface area contributed by atoms with Crippen LogP contribution in [0.15, 0.2) is 12.1 Å². The highest BCUT2D eigenvalue weighted by molar-refractivity contribution is 7.99. The van der Waals surface area contributed by atoms with Gasteiger partial charge in [0.1, 0.15) is 5.69 Å². The first-order chi connectivity index (χ1) is 8.95. The van der Waals surface area contributed by atoms with Crippen LogP contribution in [0.2, 0.25) is 0 Å². The summed E-state index contributed by atoms with van der Waals surface area (Å²) in [5, 5.41) is 13.2. The lowest BCUT2D eigenvalue weighted by Gasteiger charge is -2.16. The molecule has 7 heteroatoms. The summed E-state index contributed by atoms with van der Waals surface area (Å²) in [5.74, 6) is -0.00295. The predicted octanol–water partition coefficient (Wildman–Crippen LogP) is 3.82. The van der Waals surface area contributed by atoms with E-state index in [-0.39, 0.29) is 11.7 Å². The van der Waals surface area contributed by atoms with Crippen molar-refractivity contribution < 1.29 is 13.7 Å². The summed E-state index contributed by atoms with van der Waals surface area (Å²) in [4.78, 5) is 9.64. The standard InChI is InChI=1S/C12H16F2N2O2S/c1-3-19-5-4-8(2)15-12-10(13)6-9(16(17)18)7-11(12)14/h6-8,15H,3-5H2,1-2H3. The van der Waals surface area contributed by atoms with E-state index >= 15 is 0 Å². The molecular weight excluding hydrogens is 274 g/mol. The highest BCUT2D eigenvalue weighted by Gasteiger charge is 2.18. The molecule has 0 aliphatic carbocycles. The summed E-state index contributed by atoms with van der Waals surface area (Å²) in [6.07, 6.45) is 0.758. The normalized spacial score (nSPS) is 12.2. The van der Waals surface area contributed by atoms with Crippen LogP contribution in [0.25, 0.3) is 0 Å². The molecule has 1 unspecified atom stereocenters. The van der Waals surface area contributed by atoms with Crippen molar-refractivity contribution in [1.29, 1.82) is 0 Å². The molecule has 0 saturated carbocycles. The van der Waals surface area contributed by atoms with Crippen LogP contribution in [0.4, 0.5) is 20.2 Å². The van der Waals surface area contributed by atoms with Gasteiger partial charge in [-0.05, 0) is 24.9 Å². The second-order valence-corrected chi connectivity index (χ2v) is 5.47. The average Bonchev–Trinajstić information content (AvgIpc) is 2.33. The SMILES string of the molecule is CCSCCC(C)Nc1c(F)cc([N+](=O)[O-])cc1F. The van der Waals surface area contributed by atoms with Crippen LogP contribution in [0, 0.1) is 21.7 Å². The molecule has 1 N–H and O–H groups in total. The van der Waals surface area contributed by atoms with Crippen LogP contribution in [-0.2, 0) is 0 Å². The summed E-state index contributed by atoms with van der Waals surface area (Å²) in [7, 11) is 0. The Morgan fingerprint density at radius 3 is 2.47 bits per heavy atom. The number of anilines is 1. The van der Waals surface area contributed by atoms with E-state index in [2.05, 4.69) is 5.32 Å². The Morgan fingerprint density at radius 2 is 2.00 bits per heavy atom. The van der Waals surface area contributed by atoms with Crippen molar-refractivity contribution in [2.24, 2.45) is 0 Å². The fourth-order valence-corrected chi connectivity index (χ4v) is 2.33. The quantitative estimate of drug-likeness (QED) is 0.471. The van der Waals surface area contributed by atoms with Gasteiger partial charge in [0.2, 0.25) is 0 Å². The maximum absolute atomic E-state index is 13.6. The van der Waals surface area contributed by atoms with Crippen LogP contribution < -0.4 is 5.32 Å². The molecule has 0 aliphatic rings. The number of nitrogens with one attached hydrogen (secondary N) is 1. The largest absolute Gasteiger partial charge is 0.378 e. The molecule has 1 aromatic carbocycles. The van der Waals surface area contributed by atoms with E-state index < -0.39 is 22.2 Å². The molecule has 1 atom stereocenters. The van der Waals surface area contributed by atoms with Gasteiger partial charge < -0.3 is 5.32 Å². The lowest BCUT2D eigenvalue weighted by atomic mass is 10.2. The van der Waals surface area contributed by atoms with E-state index in [0.717, 1.165) is 30.1 Å². The Bertz CT molecular complexity index is 434. The Balaban J connectivity index is 2.75. The summed E-state index contributed by atoms with van der Waals surface area (Å²) < 4.78 is 27.2.